The second-order valence-corrected chi connectivity index (χ2v) is 6.22. The van der Waals surface area contributed by atoms with E-state index >= 15 is 0 Å². The molecule has 134 valence electrons. The molecule has 3 rings (SSSR count). The summed E-state index contributed by atoms with van der Waals surface area (Å²) >= 11 is 3.34. The number of carbonyl (C=O) groups excluding carboxylic acids is 1. The second kappa shape index (κ2) is 8.09. The summed E-state index contributed by atoms with van der Waals surface area (Å²) in [5, 5.41) is 7.08. The topological polar surface area (TPSA) is 69.0 Å². The third kappa shape index (κ3) is 4.26. The Morgan fingerprint density at radius 3 is 2.81 bits per heavy atom. The molecule has 0 unspecified atom stereocenters. The number of pyridine rings is 1. The molecule has 2 heterocycles. The zero-order valence-electron chi connectivity index (χ0n) is 13.9. The lowest BCUT2D eigenvalue weighted by molar-refractivity contribution is 0.0944. The molecule has 0 saturated heterocycles. The van der Waals surface area contributed by atoms with E-state index in [1.165, 1.54) is 16.8 Å². The van der Waals surface area contributed by atoms with Crippen LogP contribution in [-0.4, -0.2) is 27.3 Å². The van der Waals surface area contributed by atoms with Crippen LogP contribution in [0, 0.1) is 5.82 Å². The predicted octanol–water partition coefficient (Wildman–Crippen LogP) is 3.50. The third-order valence-electron chi connectivity index (χ3n) is 3.52. The molecule has 0 aliphatic rings. The minimum atomic E-state index is -0.332. The van der Waals surface area contributed by atoms with Crippen molar-refractivity contribution in [3.63, 3.8) is 0 Å². The smallest absolute Gasteiger partial charge is 0.273 e. The highest BCUT2D eigenvalue weighted by Gasteiger charge is 2.16. The number of ether oxygens (including phenoxy) is 1. The fourth-order valence-corrected chi connectivity index (χ4v) is 2.74. The van der Waals surface area contributed by atoms with Crippen LogP contribution in [0.25, 0.3) is 5.69 Å². The van der Waals surface area contributed by atoms with Crippen LogP contribution in [0.1, 0.15) is 23.0 Å². The Morgan fingerprint density at radius 1 is 1.31 bits per heavy atom. The molecule has 0 saturated carbocycles. The van der Waals surface area contributed by atoms with E-state index in [0.717, 1.165) is 5.56 Å². The van der Waals surface area contributed by atoms with Crippen molar-refractivity contribution in [1.82, 2.24) is 20.1 Å². The Hall–Kier alpha value is -2.74. The van der Waals surface area contributed by atoms with Crippen molar-refractivity contribution in [2.75, 3.05) is 6.61 Å². The third-order valence-corrected chi connectivity index (χ3v) is 4.10. The number of halogens is 2. The first kappa shape index (κ1) is 18.1. The van der Waals surface area contributed by atoms with Crippen LogP contribution in [0.4, 0.5) is 4.39 Å². The lowest BCUT2D eigenvalue weighted by Gasteiger charge is -2.06. The summed E-state index contributed by atoms with van der Waals surface area (Å²) in [6.07, 6.45) is 3.29. The zero-order chi connectivity index (χ0) is 18.5. The van der Waals surface area contributed by atoms with E-state index in [4.69, 9.17) is 4.74 Å². The normalized spacial score (nSPS) is 10.6. The van der Waals surface area contributed by atoms with Crippen molar-refractivity contribution >= 4 is 21.8 Å². The van der Waals surface area contributed by atoms with Crippen molar-refractivity contribution in [3.05, 3.63) is 70.3 Å². The molecule has 0 fully saturated rings. The average molecular weight is 419 g/mol. The molecule has 1 aromatic carbocycles. The Bertz CT molecular complexity index is 912. The van der Waals surface area contributed by atoms with Gasteiger partial charge in [0.25, 0.3) is 5.91 Å². The van der Waals surface area contributed by atoms with Gasteiger partial charge in [0, 0.05) is 25.0 Å². The summed E-state index contributed by atoms with van der Waals surface area (Å²) in [6.45, 7) is 2.72. The van der Waals surface area contributed by atoms with E-state index in [2.05, 4.69) is 31.3 Å². The Labute approximate surface area is 158 Å². The van der Waals surface area contributed by atoms with Gasteiger partial charge in [-0.3, -0.25) is 4.79 Å². The number of amides is 1. The fraction of sp³-hybridized carbons (Fsp3) is 0.167. The van der Waals surface area contributed by atoms with Crippen LogP contribution >= 0.6 is 15.9 Å². The molecule has 3 aromatic rings. The van der Waals surface area contributed by atoms with Gasteiger partial charge in [-0.15, -0.1) is 0 Å². The van der Waals surface area contributed by atoms with Gasteiger partial charge in [-0.2, -0.15) is 5.10 Å². The van der Waals surface area contributed by atoms with Crippen LogP contribution < -0.4 is 10.1 Å². The van der Waals surface area contributed by atoms with Crippen LogP contribution in [0.3, 0.4) is 0 Å². The van der Waals surface area contributed by atoms with Crippen molar-refractivity contribution < 1.29 is 13.9 Å². The monoisotopic (exact) mass is 418 g/mol. The average Bonchev–Trinajstić information content (AvgIpc) is 3.03. The number of carbonyl (C=O) groups is 1. The largest absolute Gasteiger partial charge is 0.478 e. The molecular formula is C18H16BrFN4O2. The summed E-state index contributed by atoms with van der Waals surface area (Å²) in [5.74, 6) is -0.143. The Morgan fingerprint density at radius 2 is 2.08 bits per heavy atom. The number of hydrogen-bond donors (Lipinski definition) is 1. The van der Waals surface area contributed by atoms with Crippen LogP contribution in [0.15, 0.2) is 53.3 Å². The van der Waals surface area contributed by atoms with E-state index in [-0.39, 0.29) is 17.4 Å². The fourth-order valence-electron chi connectivity index (χ4n) is 2.29. The molecule has 26 heavy (non-hydrogen) atoms. The number of rotatable bonds is 6. The van der Waals surface area contributed by atoms with Crippen LogP contribution in [0.2, 0.25) is 0 Å². The highest BCUT2D eigenvalue weighted by Crippen LogP contribution is 2.18. The number of hydrogen-bond acceptors (Lipinski definition) is 4. The van der Waals surface area contributed by atoms with Crippen molar-refractivity contribution in [1.29, 1.82) is 0 Å². The van der Waals surface area contributed by atoms with Crippen molar-refractivity contribution in [2.24, 2.45) is 0 Å². The first-order valence-corrected chi connectivity index (χ1v) is 8.73. The molecule has 0 aliphatic heterocycles. The summed E-state index contributed by atoms with van der Waals surface area (Å²) < 4.78 is 20.4. The van der Waals surface area contributed by atoms with E-state index in [9.17, 15) is 9.18 Å². The van der Waals surface area contributed by atoms with Crippen LogP contribution in [0.5, 0.6) is 5.88 Å². The van der Waals surface area contributed by atoms with Gasteiger partial charge >= 0.3 is 0 Å². The Kier molecular flexibility index (Phi) is 5.62. The zero-order valence-corrected chi connectivity index (χ0v) is 15.5. The molecule has 6 nitrogen and oxygen atoms in total. The maximum atomic E-state index is 13.0. The molecule has 0 spiro atoms. The SMILES string of the molecule is CCOc1cc(CNC(=O)c2nn(-c3ccc(F)cc3)cc2Br)ccn1. The predicted molar refractivity (Wildman–Crippen MR) is 97.8 cm³/mol. The number of aromatic nitrogens is 3. The lowest BCUT2D eigenvalue weighted by Crippen LogP contribution is -2.23. The van der Waals surface area contributed by atoms with E-state index in [1.807, 2.05) is 6.92 Å². The summed E-state index contributed by atoms with van der Waals surface area (Å²) in [7, 11) is 0. The van der Waals surface area contributed by atoms with Gasteiger partial charge in [0.1, 0.15) is 5.82 Å². The highest BCUT2D eigenvalue weighted by molar-refractivity contribution is 9.10. The molecule has 1 N–H and O–H groups in total. The van der Waals surface area contributed by atoms with Crippen LogP contribution in [-0.2, 0) is 6.54 Å². The molecule has 0 atom stereocenters. The van der Waals surface area contributed by atoms with E-state index in [1.54, 1.807) is 36.7 Å². The Balaban J connectivity index is 1.70. The number of benzene rings is 1. The van der Waals surface area contributed by atoms with Gasteiger partial charge in [-0.25, -0.2) is 14.1 Å². The van der Waals surface area contributed by atoms with Gasteiger partial charge < -0.3 is 10.1 Å². The number of nitrogens with zero attached hydrogens (tertiary/aromatic N) is 3. The standard InChI is InChI=1S/C18H16BrFN4O2/c1-2-26-16-9-12(7-8-21-16)10-22-18(25)17-15(19)11-24(23-17)14-5-3-13(20)4-6-14/h3-9,11H,2,10H2,1H3,(H,22,25). The van der Waals surface area contributed by atoms with Gasteiger partial charge in [-0.05, 0) is 58.7 Å². The van der Waals surface area contributed by atoms with Gasteiger partial charge in [-0.1, -0.05) is 0 Å². The molecule has 8 heteroatoms. The van der Waals surface area contributed by atoms with E-state index < -0.39 is 0 Å². The summed E-state index contributed by atoms with van der Waals surface area (Å²) in [6, 6.07) is 9.42. The maximum absolute atomic E-state index is 13.0. The number of nitrogens with one attached hydrogen (secondary N) is 1. The minimum Gasteiger partial charge on any atom is -0.478 e. The van der Waals surface area contributed by atoms with Crippen molar-refractivity contribution in [3.8, 4) is 11.6 Å². The maximum Gasteiger partial charge on any atom is 0.273 e. The summed E-state index contributed by atoms with van der Waals surface area (Å²) in [5.41, 5.74) is 1.76. The van der Waals surface area contributed by atoms with Crippen molar-refractivity contribution in [2.45, 2.75) is 13.5 Å². The molecular weight excluding hydrogens is 403 g/mol. The van der Waals surface area contributed by atoms with E-state index in [0.29, 0.717) is 29.2 Å². The summed E-state index contributed by atoms with van der Waals surface area (Å²) in [4.78, 5) is 16.5. The highest BCUT2D eigenvalue weighted by atomic mass is 79.9. The first-order valence-electron chi connectivity index (χ1n) is 7.94. The molecule has 0 bridgehead atoms. The second-order valence-electron chi connectivity index (χ2n) is 5.36. The molecule has 2 aromatic heterocycles. The first-order chi connectivity index (χ1) is 12.6. The quantitative estimate of drug-likeness (QED) is 0.664. The molecule has 1 amide bonds. The molecule has 0 aliphatic carbocycles. The van der Waals surface area contributed by atoms with Gasteiger partial charge in [0.05, 0.1) is 16.8 Å². The lowest BCUT2D eigenvalue weighted by atomic mass is 10.2. The van der Waals surface area contributed by atoms with Gasteiger partial charge in [0.2, 0.25) is 5.88 Å². The minimum absolute atomic E-state index is 0.244. The molecule has 0 radical (unpaired) electrons. The van der Waals surface area contributed by atoms with Gasteiger partial charge in [0.15, 0.2) is 5.69 Å².